The second kappa shape index (κ2) is 5.69. The molecule has 94 valence electrons. The molecule has 4 nitrogen and oxygen atoms in total. The number of aliphatic imine (C=N–C) groups is 1. The van der Waals surface area contributed by atoms with Crippen molar-refractivity contribution in [3.8, 4) is 17.2 Å². The van der Waals surface area contributed by atoms with Gasteiger partial charge in [-0.3, -0.25) is 0 Å². The Kier molecular flexibility index (Phi) is 3.79. The van der Waals surface area contributed by atoms with Crippen LogP contribution < -0.4 is 11.5 Å². The SMILES string of the molecule is N#Cc1ccccc1-c1ccc(CN=C(N)N)cc1. The molecule has 0 aliphatic heterocycles. The molecule has 0 fully saturated rings. The number of hydrogen-bond acceptors (Lipinski definition) is 2. The van der Waals surface area contributed by atoms with Crippen LogP contribution in [0.1, 0.15) is 11.1 Å². The quantitative estimate of drug-likeness (QED) is 0.645. The summed E-state index contributed by atoms with van der Waals surface area (Å²) in [5.74, 6) is 0.0823. The number of nitriles is 1. The van der Waals surface area contributed by atoms with Crippen LogP contribution in [0.2, 0.25) is 0 Å². The average Bonchev–Trinajstić information content (AvgIpc) is 2.45. The van der Waals surface area contributed by atoms with Gasteiger partial charge in [-0.05, 0) is 22.8 Å². The van der Waals surface area contributed by atoms with E-state index in [1.165, 1.54) is 0 Å². The second-order valence-electron chi connectivity index (χ2n) is 4.10. The van der Waals surface area contributed by atoms with E-state index in [-0.39, 0.29) is 5.96 Å². The molecule has 0 amide bonds. The van der Waals surface area contributed by atoms with Gasteiger partial charge in [-0.1, -0.05) is 42.5 Å². The summed E-state index contributed by atoms with van der Waals surface area (Å²) in [5, 5.41) is 9.08. The summed E-state index contributed by atoms with van der Waals surface area (Å²) in [6.45, 7) is 0.461. The predicted molar refractivity (Wildman–Crippen MR) is 76.1 cm³/mol. The molecule has 0 bridgehead atoms. The molecular weight excluding hydrogens is 236 g/mol. The molecule has 2 aromatic rings. The highest BCUT2D eigenvalue weighted by Gasteiger charge is 2.03. The molecule has 19 heavy (non-hydrogen) atoms. The normalized spacial score (nSPS) is 9.63. The molecule has 4 N–H and O–H groups in total. The maximum atomic E-state index is 9.08. The lowest BCUT2D eigenvalue weighted by atomic mass is 9.99. The van der Waals surface area contributed by atoms with Crippen LogP contribution in [0.4, 0.5) is 0 Å². The third-order valence-electron chi connectivity index (χ3n) is 2.76. The number of nitrogens with zero attached hydrogens (tertiary/aromatic N) is 2. The first-order valence-electron chi connectivity index (χ1n) is 5.84. The minimum absolute atomic E-state index is 0.0823. The lowest BCUT2D eigenvalue weighted by Crippen LogP contribution is -2.22. The monoisotopic (exact) mass is 250 g/mol. The van der Waals surface area contributed by atoms with Crippen LogP contribution in [0.15, 0.2) is 53.5 Å². The van der Waals surface area contributed by atoms with Crippen molar-refractivity contribution in [3.63, 3.8) is 0 Å². The zero-order valence-electron chi connectivity index (χ0n) is 10.4. The van der Waals surface area contributed by atoms with E-state index in [1.54, 1.807) is 0 Å². The molecule has 0 heterocycles. The van der Waals surface area contributed by atoms with Gasteiger partial charge in [-0.2, -0.15) is 5.26 Å². The average molecular weight is 250 g/mol. The largest absolute Gasteiger partial charge is 0.370 e. The Balaban J connectivity index is 2.28. The van der Waals surface area contributed by atoms with Gasteiger partial charge >= 0.3 is 0 Å². The van der Waals surface area contributed by atoms with E-state index < -0.39 is 0 Å². The van der Waals surface area contributed by atoms with Crippen LogP contribution >= 0.6 is 0 Å². The number of nitrogens with two attached hydrogens (primary N) is 2. The number of rotatable bonds is 3. The Labute approximate surface area is 112 Å². The van der Waals surface area contributed by atoms with E-state index in [0.29, 0.717) is 12.1 Å². The first kappa shape index (κ1) is 12.7. The van der Waals surface area contributed by atoms with Crippen molar-refractivity contribution < 1.29 is 0 Å². The molecule has 0 saturated carbocycles. The zero-order valence-corrected chi connectivity index (χ0v) is 10.4. The smallest absolute Gasteiger partial charge is 0.186 e. The Bertz CT molecular complexity index is 632. The maximum absolute atomic E-state index is 9.08. The van der Waals surface area contributed by atoms with Gasteiger partial charge in [0.25, 0.3) is 0 Å². The van der Waals surface area contributed by atoms with Gasteiger partial charge < -0.3 is 11.5 Å². The van der Waals surface area contributed by atoms with E-state index in [0.717, 1.165) is 16.7 Å². The van der Waals surface area contributed by atoms with E-state index in [4.69, 9.17) is 16.7 Å². The fraction of sp³-hybridized carbons (Fsp3) is 0.0667. The van der Waals surface area contributed by atoms with Crippen LogP contribution in [0.3, 0.4) is 0 Å². The van der Waals surface area contributed by atoms with Gasteiger partial charge in [0.05, 0.1) is 18.2 Å². The number of guanidine groups is 1. The molecule has 2 rings (SSSR count). The fourth-order valence-corrected chi connectivity index (χ4v) is 1.80. The molecule has 0 radical (unpaired) electrons. The lowest BCUT2D eigenvalue weighted by molar-refractivity contribution is 1.05. The summed E-state index contributed by atoms with van der Waals surface area (Å²) in [6, 6.07) is 17.6. The molecule has 0 unspecified atom stereocenters. The zero-order chi connectivity index (χ0) is 13.7. The van der Waals surface area contributed by atoms with Crippen molar-refractivity contribution in [2.75, 3.05) is 0 Å². The van der Waals surface area contributed by atoms with Crippen LogP contribution in [-0.2, 0) is 6.54 Å². The third-order valence-corrected chi connectivity index (χ3v) is 2.76. The first-order chi connectivity index (χ1) is 9.20. The van der Waals surface area contributed by atoms with Crippen LogP contribution in [0, 0.1) is 11.3 Å². The molecule has 4 heteroatoms. The first-order valence-corrected chi connectivity index (χ1v) is 5.84. The lowest BCUT2D eigenvalue weighted by Gasteiger charge is -2.05. The highest BCUT2D eigenvalue weighted by Crippen LogP contribution is 2.23. The molecule has 0 aliphatic rings. The Morgan fingerprint density at radius 3 is 2.37 bits per heavy atom. The van der Waals surface area contributed by atoms with E-state index >= 15 is 0 Å². The topological polar surface area (TPSA) is 88.2 Å². The van der Waals surface area contributed by atoms with Gasteiger partial charge in [-0.15, -0.1) is 0 Å². The van der Waals surface area contributed by atoms with Gasteiger partial charge in [0.2, 0.25) is 0 Å². The summed E-state index contributed by atoms with van der Waals surface area (Å²) in [6.07, 6.45) is 0. The van der Waals surface area contributed by atoms with Crippen molar-refractivity contribution in [2.24, 2.45) is 16.5 Å². The molecule has 2 aromatic carbocycles. The summed E-state index contributed by atoms with van der Waals surface area (Å²) in [5.41, 5.74) is 14.2. The van der Waals surface area contributed by atoms with Crippen molar-refractivity contribution in [2.45, 2.75) is 6.54 Å². The van der Waals surface area contributed by atoms with E-state index in [2.05, 4.69) is 11.1 Å². The maximum Gasteiger partial charge on any atom is 0.186 e. The van der Waals surface area contributed by atoms with Crippen molar-refractivity contribution >= 4 is 5.96 Å². The third kappa shape index (κ3) is 3.11. The minimum atomic E-state index is 0.0823. The predicted octanol–water partition coefficient (Wildman–Crippen LogP) is 2.00. The molecule has 0 spiro atoms. The van der Waals surface area contributed by atoms with Crippen molar-refractivity contribution in [3.05, 3.63) is 59.7 Å². The Hall–Kier alpha value is -2.80. The van der Waals surface area contributed by atoms with E-state index in [1.807, 2.05) is 48.5 Å². The van der Waals surface area contributed by atoms with Gasteiger partial charge in [0.1, 0.15) is 0 Å². The summed E-state index contributed by atoms with van der Waals surface area (Å²) in [7, 11) is 0. The molecule has 0 aromatic heterocycles. The Morgan fingerprint density at radius 1 is 1.05 bits per heavy atom. The standard InChI is InChI=1S/C15H14N4/c16-9-13-3-1-2-4-14(13)12-7-5-11(6-8-12)10-19-15(17)18/h1-8H,10H2,(H4,17,18,19). The summed E-state index contributed by atoms with van der Waals surface area (Å²) < 4.78 is 0. The van der Waals surface area contributed by atoms with Crippen LogP contribution in [0.5, 0.6) is 0 Å². The highest BCUT2D eigenvalue weighted by atomic mass is 15.0. The highest BCUT2D eigenvalue weighted by molar-refractivity contribution is 5.75. The second-order valence-corrected chi connectivity index (χ2v) is 4.10. The number of hydrogen-bond donors (Lipinski definition) is 2. The van der Waals surface area contributed by atoms with Gasteiger partial charge in [0.15, 0.2) is 5.96 Å². The van der Waals surface area contributed by atoms with Crippen LogP contribution in [0.25, 0.3) is 11.1 Å². The molecule has 0 saturated heterocycles. The molecule has 0 aliphatic carbocycles. The minimum Gasteiger partial charge on any atom is -0.370 e. The summed E-state index contributed by atoms with van der Waals surface area (Å²) >= 11 is 0. The summed E-state index contributed by atoms with van der Waals surface area (Å²) in [4.78, 5) is 3.95. The van der Waals surface area contributed by atoms with Crippen molar-refractivity contribution in [1.82, 2.24) is 0 Å². The van der Waals surface area contributed by atoms with Crippen molar-refractivity contribution in [1.29, 1.82) is 5.26 Å². The Morgan fingerprint density at radius 2 is 1.74 bits per heavy atom. The molecular formula is C15H14N4. The van der Waals surface area contributed by atoms with Gasteiger partial charge in [-0.25, -0.2) is 4.99 Å². The molecule has 0 atom stereocenters. The fourth-order valence-electron chi connectivity index (χ4n) is 1.80. The van der Waals surface area contributed by atoms with Gasteiger partial charge in [0, 0.05) is 0 Å². The van der Waals surface area contributed by atoms with Crippen LogP contribution in [-0.4, -0.2) is 5.96 Å². The number of benzene rings is 2. The van der Waals surface area contributed by atoms with E-state index in [9.17, 15) is 0 Å².